The Morgan fingerprint density at radius 3 is 2.92 bits per heavy atom. The van der Waals surface area contributed by atoms with Crippen LogP contribution in [0.1, 0.15) is 42.7 Å². The first-order valence-electron chi connectivity index (χ1n) is 8.64. The third-order valence-electron chi connectivity index (χ3n) is 5.05. The predicted octanol–water partition coefficient (Wildman–Crippen LogP) is 2.46. The Morgan fingerprint density at radius 1 is 1.38 bits per heavy atom. The minimum atomic E-state index is -0.149. The molecular weight excluding hydrogens is 302 g/mol. The largest absolute Gasteiger partial charge is 0.370 e. The summed E-state index contributed by atoms with van der Waals surface area (Å²) >= 11 is 0. The second-order valence-electron chi connectivity index (χ2n) is 7.10. The molecule has 1 aliphatic carbocycles. The number of nitrogens with one attached hydrogen (secondary N) is 1. The molecule has 5 heteroatoms. The van der Waals surface area contributed by atoms with E-state index in [0.29, 0.717) is 13.2 Å². The van der Waals surface area contributed by atoms with Crippen LogP contribution >= 0.6 is 0 Å². The van der Waals surface area contributed by atoms with Gasteiger partial charge in [-0.1, -0.05) is 37.3 Å². The summed E-state index contributed by atoms with van der Waals surface area (Å²) in [4.78, 5) is 12.1. The molecule has 1 saturated carbocycles. The van der Waals surface area contributed by atoms with Crippen LogP contribution in [-0.4, -0.2) is 28.8 Å². The zero-order valence-electron chi connectivity index (χ0n) is 14.0. The minimum absolute atomic E-state index is 0.141. The van der Waals surface area contributed by atoms with E-state index in [4.69, 9.17) is 9.84 Å². The quantitative estimate of drug-likeness (QED) is 0.919. The maximum absolute atomic E-state index is 12.1. The van der Waals surface area contributed by atoms with E-state index < -0.39 is 0 Å². The van der Waals surface area contributed by atoms with Crippen LogP contribution in [0.2, 0.25) is 0 Å². The molecule has 24 heavy (non-hydrogen) atoms. The summed E-state index contributed by atoms with van der Waals surface area (Å²) < 4.78 is 7.84. The Kier molecular flexibility index (Phi) is 3.88. The van der Waals surface area contributed by atoms with E-state index in [0.717, 1.165) is 31.5 Å². The van der Waals surface area contributed by atoms with E-state index in [1.165, 1.54) is 11.1 Å². The van der Waals surface area contributed by atoms with Crippen LogP contribution < -0.4 is 5.32 Å². The summed E-state index contributed by atoms with van der Waals surface area (Å²) in [6.07, 6.45) is 4.83. The van der Waals surface area contributed by atoms with E-state index >= 15 is 0 Å². The Hall–Kier alpha value is -2.14. The molecule has 5 nitrogen and oxygen atoms in total. The number of fused-ring (bicyclic) bond motifs is 1. The number of carbonyl (C=O) groups excluding carboxylic acids is 1. The number of carbonyl (C=O) groups is 1. The predicted molar refractivity (Wildman–Crippen MR) is 90.5 cm³/mol. The van der Waals surface area contributed by atoms with Gasteiger partial charge in [0.2, 0.25) is 5.91 Å². The topological polar surface area (TPSA) is 56.1 Å². The monoisotopic (exact) mass is 325 g/mol. The van der Waals surface area contributed by atoms with Crippen molar-refractivity contribution < 1.29 is 9.53 Å². The van der Waals surface area contributed by atoms with Crippen LogP contribution in [0, 0.1) is 5.41 Å². The Balaban J connectivity index is 1.45. The van der Waals surface area contributed by atoms with Crippen molar-refractivity contribution in [2.24, 2.45) is 5.41 Å². The van der Waals surface area contributed by atoms with Gasteiger partial charge in [-0.2, -0.15) is 5.10 Å². The highest BCUT2D eigenvalue weighted by atomic mass is 16.5. The van der Waals surface area contributed by atoms with Crippen LogP contribution in [0.4, 0.5) is 0 Å². The van der Waals surface area contributed by atoms with Gasteiger partial charge in [0.1, 0.15) is 6.10 Å². The summed E-state index contributed by atoms with van der Waals surface area (Å²) in [5.74, 6) is 0.141. The van der Waals surface area contributed by atoms with Gasteiger partial charge in [-0.15, -0.1) is 0 Å². The Morgan fingerprint density at radius 2 is 2.17 bits per heavy atom. The lowest BCUT2D eigenvalue weighted by Crippen LogP contribution is -2.35. The lowest BCUT2D eigenvalue weighted by Gasteiger charge is -2.23. The zero-order chi connectivity index (χ0) is 16.6. The maximum atomic E-state index is 12.1. The summed E-state index contributed by atoms with van der Waals surface area (Å²) in [5, 5.41) is 7.77. The van der Waals surface area contributed by atoms with Crippen molar-refractivity contribution in [1.82, 2.24) is 15.1 Å². The third kappa shape index (κ3) is 3.08. The SMILES string of the molecule is CC1(C(=O)NC[C@H]2OCCc3cn(Cc4ccccc4)nc32)CC1. The molecule has 4 rings (SSSR count). The van der Waals surface area contributed by atoms with Crippen molar-refractivity contribution in [1.29, 1.82) is 0 Å². The van der Waals surface area contributed by atoms with Crippen LogP contribution in [0.25, 0.3) is 0 Å². The van der Waals surface area contributed by atoms with Crippen LogP contribution in [0.3, 0.4) is 0 Å². The lowest BCUT2D eigenvalue weighted by atomic mass is 10.1. The number of aromatic nitrogens is 2. The van der Waals surface area contributed by atoms with Crippen LogP contribution in [0.5, 0.6) is 0 Å². The first kappa shape index (κ1) is 15.4. The molecule has 1 aromatic heterocycles. The van der Waals surface area contributed by atoms with Gasteiger partial charge < -0.3 is 10.1 Å². The lowest BCUT2D eigenvalue weighted by molar-refractivity contribution is -0.126. The summed E-state index contributed by atoms with van der Waals surface area (Å²) in [5.41, 5.74) is 3.28. The second kappa shape index (κ2) is 6.06. The summed E-state index contributed by atoms with van der Waals surface area (Å²) in [6, 6.07) is 10.3. The van der Waals surface area contributed by atoms with Gasteiger partial charge in [-0.05, 0) is 30.4 Å². The number of ether oxygens (including phenoxy) is 1. The molecule has 2 aliphatic rings. The molecule has 0 bridgehead atoms. The average Bonchev–Trinajstić information content (AvgIpc) is 3.21. The molecule has 1 N–H and O–H groups in total. The number of hydrogen-bond donors (Lipinski definition) is 1. The van der Waals surface area contributed by atoms with Crippen molar-refractivity contribution >= 4 is 5.91 Å². The standard InChI is InChI=1S/C19H23N3O2/c1-19(8-9-19)18(23)20-11-16-17-15(7-10-24-16)13-22(21-17)12-14-5-3-2-4-6-14/h2-6,13,16H,7-12H2,1H3,(H,20,23)/t16-/m1/s1. The fourth-order valence-electron chi connectivity index (χ4n) is 3.15. The highest BCUT2D eigenvalue weighted by Crippen LogP contribution is 2.45. The first-order valence-corrected chi connectivity index (χ1v) is 8.64. The van der Waals surface area contributed by atoms with Crippen LogP contribution in [0.15, 0.2) is 36.5 Å². The summed E-state index contributed by atoms with van der Waals surface area (Å²) in [7, 11) is 0. The van der Waals surface area contributed by atoms with E-state index in [-0.39, 0.29) is 17.4 Å². The Bertz CT molecular complexity index is 734. The molecule has 1 aromatic carbocycles. The maximum Gasteiger partial charge on any atom is 0.226 e. The van der Waals surface area contributed by atoms with Crippen molar-refractivity contribution in [2.75, 3.05) is 13.2 Å². The molecule has 0 saturated heterocycles. The van der Waals surface area contributed by atoms with Gasteiger partial charge >= 0.3 is 0 Å². The van der Waals surface area contributed by atoms with Crippen LogP contribution in [-0.2, 0) is 22.5 Å². The number of benzene rings is 1. The average molecular weight is 325 g/mol. The van der Waals surface area contributed by atoms with Gasteiger partial charge in [-0.25, -0.2) is 0 Å². The van der Waals surface area contributed by atoms with E-state index in [1.807, 2.05) is 29.8 Å². The van der Waals surface area contributed by atoms with Crippen molar-refractivity contribution in [3.8, 4) is 0 Å². The second-order valence-corrected chi connectivity index (χ2v) is 7.10. The normalized spacial score (nSPS) is 21.1. The number of rotatable bonds is 5. The van der Waals surface area contributed by atoms with Crippen molar-refractivity contribution in [3.63, 3.8) is 0 Å². The Labute approximate surface area is 142 Å². The van der Waals surface area contributed by atoms with E-state index in [9.17, 15) is 4.79 Å². The molecule has 1 fully saturated rings. The smallest absolute Gasteiger partial charge is 0.226 e. The van der Waals surface area contributed by atoms with Crippen molar-refractivity contribution in [3.05, 3.63) is 53.3 Å². The molecule has 1 atom stereocenters. The molecule has 2 aromatic rings. The first-order chi connectivity index (χ1) is 11.6. The molecule has 126 valence electrons. The minimum Gasteiger partial charge on any atom is -0.370 e. The third-order valence-corrected chi connectivity index (χ3v) is 5.05. The van der Waals surface area contributed by atoms with Crippen molar-refractivity contribution in [2.45, 2.75) is 38.8 Å². The molecule has 0 unspecified atom stereocenters. The fraction of sp³-hybridized carbons (Fsp3) is 0.474. The number of amides is 1. The fourth-order valence-corrected chi connectivity index (χ4v) is 3.15. The molecule has 1 aliphatic heterocycles. The van der Waals surface area contributed by atoms with E-state index in [1.54, 1.807) is 0 Å². The van der Waals surface area contributed by atoms with Gasteiger partial charge in [0.15, 0.2) is 0 Å². The molecular formula is C19H23N3O2. The number of nitrogens with zero attached hydrogens (tertiary/aromatic N) is 2. The summed E-state index contributed by atoms with van der Waals surface area (Å²) in [6.45, 7) is 3.96. The van der Waals surface area contributed by atoms with Gasteiger partial charge in [0.25, 0.3) is 0 Å². The van der Waals surface area contributed by atoms with Gasteiger partial charge in [0, 0.05) is 18.2 Å². The molecule has 0 spiro atoms. The highest BCUT2D eigenvalue weighted by molar-refractivity contribution is 5.84. The van der Waals surface area contributed by atoms with Gasteiger partial charge in [0.05, 0.1) is 18.8 Å². The van der Waals surface area contributed by atoms with E-state index in [2.05, 4.69) is 23.6 Å². The number of hydrogen-bond acceptors (Lipinski definition) is 3. The zero-order valence-corrected chi connectivity index (χ0v) is 14.0. The molecule has 0 radical (unpaired) electrons. The molecule has 2 heterocycles. The van der Waals surface area contributed by atoms with Gasteiger partial charge in [-0.3, -0.25) is 9.48 Å². The highest BCUT2D eigenvalue weighted by Gasteiger charge is 2.45. The molecule has 1 amide bonds.